The van der Waals surface area contributed by atoms with Gasteiger partial charge in [-0.1, -0.05) is 0 Å². The largest absolute Gasteiger partial charge is 0.394 e. The second-order valence-corrected chi connectivity index (χ2v) is 7.14. The molecular weight excluding hydrogens is 282 g/mol. The number of aliphatic hydroxyl groups excluding tert-OH is 2. The summed E-state index contributed by atoms with van der Waals surface area (Å²) in [5.41, 5.74) is 0.235. The molecule has 6 heteroatoms. The normalized spacial score (nSPS) is 30.4. The standard InChI is InChI=1S/C16H29N3O3/c20-12-13(19-10-7-17-6-1-15(19)22)2-8-18-9-5-16(3-4-16)14(21)11-18/h13-14,17,20-21H,1-12H2/t13-,14+/m0/s1. The first-order chi connectivity index (χ1) is 10.6. The van der Waals surface area contributed by atoms with Gasteiger partial charge < -0.3 is 25.3 Å². The molecule has 3 fully saturated rings. The van der Waals surface area contributed by atoms with Crippen LogP contribution in [0.25, 0.3) is 0 Å². The van der Waals surface area contributed by atoms with Crippen molar-refractivity contribution < 1.29 is 15.0 Å². The number of carbonyl (C=O) groups excluding carboxylic acids is 1. The number of nitrogens with zero attached hydrogens (tertiary/aromatic N) is 2. The Kier molecular flexibility index (Phi) is 5.02. The molecule has 2 atom stereocenters. The molecule has 22 heavy (non-hydrogen) atoms. The zero-order valence-corrected chi connectivity index (χ0v) is 13.3. The molecule has 0 unspecified atom stereocenters. The summed E-state index contributed by atoms with van der Waals surface area (Å²) in [4.78, 5) is 16.3. The van der Waals surface area contributed by atoms with E-state index in [-0.39, 0.29) is 30.1 Å². The lowest BCUT2D eigenvalue weighted by atomic mass is 9.90. The van der Waals surface area contributed by atoms with E-state index in [1.165, 1.54) is 12.8 Å². The number of aliphatic hydroxyl groups is 2. The van der Waals surface area contributed by atoms with E-state index < -0.39 is 0 Å². The number of piperidine rings is 1. The van der Waals surface area contributed by atoms with Gasteiger partial charge in [0.1, 0.15) is 0 Å². The first-order valence-electron chi connectivity index (χ1n) is 8.66. The summed E-state index contributed by atoms with van der Waals surface area (Å²) in [5.74, 6) is 0.139. The van der Waals surface area contributed by atoms with Gasteiger partial charge in [-0.15, -0.1) is 0 Å². The topological polar surface area (TPSA) is 76.0 Å². The van der Waals surface area contributed by atoms with Gasteiger partial charge in [-0.2, -0.15) is 0 Å². The number of β-amino-alcohol motifs (C(OH)–C–C–N with tert-alkyl or cyclic N) is 1. The number of amides is 1. The van der Waals surface area contributed by atoms with Crippen LogP contribution in [-0.2, 0) is 4.79 Å². The Morgan fingerprint density at radius 2 is 2.09 bits per heavy atom. The number of rotatable bonds is 5. The van der Waals surface area contributed by atoms with Gasteiger partial charge in [0.15, 0.2) is 0 Å². The van der Waals surface area contributed by atoms with Crippen molar-refractivity contribution in [1.29, 1.82) is 0 Å². The molecule has 0 aromatic rings. The Balaban J connectivity index is 1.49. The van der Waals surface area contributed by atoms with E-state index in [2.05, 4.69) is 10.2 Å². The monoisotopic (exact) mass is 311 g/mol. The van der Waals surface area contributed by atoms with E-state index in [9.17, 15) is 15.0 Å². The molecule has 1 amide bonds. The highest BCUT2D eigenvalue weighted by atomic mass is 16.3. The first kappa shape index (κ1) is 16.2. The Morgan fingerprint density at radius 1 is 1.27 bits per heavy atom. The molecule has 126 valence electrons. The zero-order chi connectivity index (χ0) is 15.6. The predicted molar refractivity (Wildman–Crippen MR) is 83.4 cm³/mol. The lowest BCUT2D eigenvalue weighted by molar-refractivity contribution is -0.133. The summed E-state index contributed by atoms with van der Waals surface area (Å²) in [5, 5.41) is 23.2. The number of hydrogen-bond donors (Lipinski definition) is 3. The smallest absolute Gasteiger partial charge is 0.224 e. The van der Waals surface area contributed by atoms with Crippen molar-refractivity contribution in [3.05, 3.63) is 0 Å². The molecule has 3 N–H and O–H groups in total. The second kappa shape index (κ2) is 6.83. The Bertz CT molecular complexity index is 400. The Hall–Kier alpha value is -0.690. The third kappa shape index (κ3) is 3.45. The van der Waals surface area contributed by atoms with Crippen LogP contribution in [-0.4, -0.2) is 83.9 Å². The number of carbonyl (C=O) groups is 1. The average molecular weight is 311 g/mol. The molecule has 1 saturated carbocycles. The minimum absolute atomic E-state index is 0.0199. The maximum absolute atomic E-state index is 12.1. The first-order valence-corrected chi connectivity index (χ1v) is 8.66. The molecule has 1 spiro atoms. The third-order valence-corrected chi connectivity index (χ3v) is 5.75. The summed E-state index contributed by atoms with van der Waals surface area (Å²) >= 11 is 0. The van der Waals surface area contributed by atoms with Crippen LogP contribution in [0.5, 0.6) is 0 Å². The molecule has 0 aromatic heterocycles. The van der Waals surface area contributed by atoms with Gasteiger partial charge in [0, 0.05) is 39.1 Å². The van der Waals surface area contributed by atoms with Crippen molar-refractivity contribution in [2.45, 2.75) is 44.2 Å². The highest BCUT2D eigenvalue weighted by Gasteiger charge is 2.51. The van der Waals surface area contributed by atoms with E-state index in [4.69, 9.17) is 0 Å². The Labute approximate surface area is 132 Å². The quantitative estimate of drug-likeness (QED) is 0.632. The van der Waals surface area contributed by atoms with E-state index in [0.717, 1.165) is 45.6 Å². The summed E-state index contributed by atoms with van der Waals surface area (Å²) in [6.07, 6.45) is 4.54. The number of likely N-dealkylation sites (tertiary alicyclic amines) is 1. The van der Waals surface area contributed by atoms with Gasteiger partial charge >= 0.3 is 0 Å². The summed E-state index contributed by atoms with van der Waals surface area (Å²) in [7, 11) is 0. The summed E-state index contributed by atoms with van der Waals surface area (Å²) in [6.45, 7) is 4.84. The predicted octanol–water partition coefficient (Wildman–Crippen LogP) is -0.594. The molecule has 6 nitrogen and oxygen atoms in total. The maximum Gasteiger partial charge on any atom is 0.224 e. The molecule has 0 aromatic carbocycles. The molecular formula is C16H29N3O3. The van der Waals surface area contributed by atoms with Gasteiger partial charge in [0.2, 0.25) is 5.91 Å². The van der Waals surface area contributed by atoms with Gasteiger partial charge in [0.05, 0.1) is 18.8 Å². The lowest BCUT2D eigenvalue weighted by Gasteiger charge is -2.38. The number of hydrogen-bond acceptors (Lipinski definition) is 5. The molecule has 2 aliphatic heterocycles. The van der Waals surface area contributed by atoms with Crippen LogP contribution in [0.1, 0.15) is 32.1 Å². The molecule has 2 saturated heterocycles. The second-order valence-electron chi connectivity index (χ2n) is 7.14. The molecule has 0 radical (unpaired) electrons. The fourth-order valence-electron chi connectivity index (χ4n) is 3.88. The van der Waals surface area contributed by atoms with Crippen LogP contribution in [0, 0.1) is 5.41 Å². The van der Waals surface area contributed by atoms with Crippen LogP contribution in [0.15, 0.2) is 0 Å². The van der Waals surface area contributed by atoms with Gasteiger partial charge in [-0.25, -0.2) is 0 Å². The lowest BCUT2D eigenvalue weighted by Crippen LogP contribution is -2.48. The van der Waals surface area contributed by atoms with E-state index >= 15 is 0 Å². The van der Waals surface area contributed by atoms with Crippen molar-refractivity contribution in [2.24, 2.45) is 5.41 Å². The van der Waals surface area contributed by atoms with Crippen molar-refractivity contribution in [3.63, 3.8) is 0 Å². The van der Waals surface area contributed by atoms with Crippen LogP contribution in [0.3, 0.4) is 0 Å². The van der Waals surface area contributed by atoms with Crippen LogP contribution in [0.2, 0.25) is 0 Å². The minimum Gasteiger partial charge on any atom is -0.394 e. The van der Waals surface area contributed by atoms with Crippen molar-refractivity contribution in [1.82, 2.24) is 15.1 Å². The van der Waals surface area contributed by atoms with E-state index in [1.54, 1.807) is 0 Å². The van der Waals surface area contributed by atoms with Crippen molar-refractivity contribution in [2.75, 3.05) is 45.9 Å². The summed E-state index contributed by atoms with van der Waals surface area (Å²) < 4.78 is 0. The fourth-order valence-corrected chi connectivity index (χ4v) is 3.88. The van der Waals surface area contributed by atoms with Gasteiger partial charge in [0.25, 0.3) is 0 Å². The maximum atomic E-state index is 12.1. The molecule has 3 rings (SSSR count). The van der Waals surface area contributed by atoms with E-state index in [1.807, 2.05) is 4.90 Å². The Morgan fingerprint density at radius 3 is 2.77 bits per heavy atom. The van der Waals surface area contributed by atoms with Gasteiger partial charge in [-0.3, -0.25) is 4.79 Å². The van der Waals surface area contributed by atoms with Crippen LogP contribution >= 0.6 is 0 Å². The van der Waals surface area contributed by atoms with Crippen molar-refractivity contribution >= 4 is 5.91 Å². The minimum atomic E-state index is -0.196. The van der Waals surface area contributed by atoms with Crippen LogP contribution in [0.4, 0.5) is 0 Å². The van der Waals surface area contributed by atoms with Gasteiger partial charge in [-0.05, 0) is 37.6 Å². The average Bonchev–Trinajstić information content (AvgIpc) is 3.31. The van der Waals surface area contributed by atoms with Crippen LogP contribution < -0.4 is 5.32 Å². The highest BCUT2D eigenvalue weighted by molar-refractivity contribution is 5.77. The zero-order valence-electron chi connectivity index (χ0n) is 13.3. The molecule has 2 heterocycles. The third-order valence-electron chi connectivity index (χ3n) is 5.75. The number of nitrogens with one attached hydrogen (secondary N) is 1. The van der Waals surface area contributed by atoms with Crippen molar-refractivity contribution in [3.8, 4) is 0 Å². The molecule has 1 aliphatic carbocycles. The fraction of sp³-hybridized carbons (Fsp3) is 0.938. The molecule has 0 bridgehead atoms. The molecule has 3 aliphatic rings. The van der Waals surface area contributed by atoms with E-state index in [0.29, 0.717) is 13.0 Å². The SMILES string of the molecule is O=C1CCNCCN1[C@H](CO)CCN1CCC2(CC2)[C@H](O)C1. The highest BCUT2D eigenvalue weighted by Crippen LogP contribution is 2.53. The summed E-state index contributed by atoms with van der Waals surface area (Å²) in [6, 6.07) is -0.0960.